The van der Waals surface area contributed by atoms with Gasteiger partial charge in [0.15, 0.2) is 0 Å². The van der Waals surface area contributed by atoms with Gasteiger partial charge in [0.05, 0.1) is 4.88 Å². The van der Waals surface area contributed by atoms with Crippen molar-refractivity contribution >= 4 is 28.5 Å². The summed E-state index contributed by atoms with van der Waals surface area (Å²) >= 11 is 3.07. The van der Waals surface area contributed by atoms with Crippen LogP contribution in [0.4, 0.5) is 0 Å². The molecule has 0 amide bonds. The molecule has 0 aliphatic heterocycles. The molecule has 3 heteroatoms. The van der Waals surface area contributed by atoms with Crippen LogP contribution in [-0.2, 0) is 0 Å². The highest BCUT2D eigenvalue weighted by molar-refractivity contribution is 7.12. The highest BCUT2D eigenvalue weighted by atomic mass is 32.1. The Kier molecular flexibility index (Phi) is 2.29. The zero-order valence-corrected chi connectivity index (χ0v) is 8.74. The fraction of sp³-hybridized carbons (Fsp3) is 0.100. The molecule has 2 aromatic heterocycles. The normalized spacial score (nSPS) is 10.2. The summed E-state index contributed by atoms with van der Waals surface area (Å²) in [6.45, 7) is 1.97. The van der Waals surface area contributed by atoms with Gasteiger partial charge in [-0.3, -0.25) is 4.79 Å². The molecule has 2 aromatic rings. The van der Waals surface area contributed by atoms with Crippen molar-refractivity contribution in [1.82, 2.24) is 0 Å². The monoisotopic (exact) mass is 208 g/mol. The lowest BCUT2D eigenvalue weighted by Crippen LogP contribution is -1.97. The molecule has 0 aliphatic carbocycles. The maximum Gasteiger partial charge on any atom is 0.204 e. The van der Waals surface area contributed by atoms with Crippen LogP contribution in [0.15, 0.2) is 28.3 Å². The Morgan fingerprint density at radius 3 is 2.77 bits per heavy atom. The van der Waals surface area contributed by atoms with E-state index in [1.165, 1.54) is 11.3 Å². The van der Waals surface area contributed by atoms with Crippen LogP contribution < -0.4 is 0 Å². The predicted octanol–water partition coefficient (Wildman–Crippen LogP) is 3.35. The quantitative estimate of drug-likeness (QED) is 0.692. The Bertz CT molecular complexity index is 412. The molecule has 0 bridgehead atoms. The van der Waals surface area contributed by atoms with Crippen molar-refractivity contribution in [2.24, 2.45) is 0 Å². The Hall–Kier alpha value is -0.930. The molecule has 0 radical (unpaired) electrons. The lowest BCUT2D eigenvalue weighted by atomic mass is 10.1. The van der Waals surface area contributed by atoms with Gasteiger partial charge in [0, 0.05) is 10.9 Å². The van der Waals surface area contributed by atoms with E-state index in [0.717, 1.165) is 16.0 Å². The van der Waals surface area contributed by atoms with Crippen LogP contribution in [0.3, 0.4) is 0 Å². The van der Waals surface area contributed by atoms with Crippen LogP contribution in [0, 0.1) is 6.92 Å². The van der Waals surface area contributed by atoms with Gasteiger partial charge in [0.1, 0.15) is 0 Å². The summed E-state index contributed by atoms with van der Waals surface area (Å²) < 4.78 is 0. The lowest BCUT2D eigenvalue weighted by Gasteiger charge is -1.94. The summed E-state index contributed by atoms with van der Waals surface area (Å²) in [5.41, 5.74) is 1.91. The van der Waals surface area contributed by atoms with Gasteiger partial charge in [-0.1, -0.05) is 6.07 Å². The van der Waals surface area contributed by atoms with Crippen molar-refractivity contribution in [2.45, 2.75) is 6.92 Å². The van der Waals surface area contributed by atoms with Gasteiger partial charge in [-0.2, -0.15) is 11.3 Å². The highest BCUT2D eigenvalue weighted by Gasteiger charge is 2.12. The minimum Gasteiger partial charge on any atom is -0.288 e. The van der Waals surface area contributed by atoms with E-state index in [2.05, 4.69) is 0 Å². The number of carbonyl (C=O) groups excluding carboxylic acids is 1. The van der Waals surface area contributed by atoms with E-state index in [0.29, 0.717) is 0 Å². The van der Waals surface area contributed by atoms with Gasteiger partial charge in [0.2, 0.25) is 5.78 Å². The second-order valence-electron chi connectivity index (χ2n) is 2.77. The van der Waals surface area contributed by atoms with E-state index in [-0.39, 0.29) is 5.78 Å². The van der Waals surface area contributed by atoms with Crippen molar-refractivity contribution < 1.29 is 4.79 Å². The number of rotatable bonds is 2. The van der Waals surface area contributed by atoms with Gasteiger partial charge in [0.25, 0.3) is 0 Å². The molecule has 2 heterocycles. The summed E-state index contributed by atoms with van der Waals surface area (Å²) in [6.07, 6.45) is 0. The minimum absolute atomic E-state index is 0.147. The van der Waals surface area contributed by atoms with Crippen LogP contribution >= 0.6 is 22.7 Å². The standard InChI is InChI=1S/C10H8OS2/c1-7-5-12-6-8(7)10(11)9-3-2-4-13-9/h2-6H,1H3. The number of hydrogen-bond donors (Lipinski definition) is 0. The van der Waals surface area contributed by atoms with Crippen molar-refractivity contribution in [3.8, 4) is 0 Å². The van der Waals surface area contributed by atoms with Crippen LogP contribution in [0.25, 0.3) is 0 Å². The van der Waals surface area contributed by atoms with Crippen LogP contribution in [0.5, 0.6) is 0 Å². The average Bonchev–Trinajstić information content (AvgIpc) is 2.72. The molecule has 0 saturated carbocycles. The Balaban J connectivity index is 2.39. The molecule has 0 N–H and O–H groups in total. The Morgan fingerprint density at radius 1 is 1.38 bits per heavy atom. The summed E-state index contributed by atoms with van der Waals surface area (Å²) in [4.78, 5) is 12.6. The fourth-order valence-corrected chi connectivity index (χ4v) is 2.64. The maximum atomic E-state index is 11.8. The predicted molar refractivity (Wildman–Crippen MR) is 56.8 cm³/mol. The summed E-state index contributed by atoms with van der Waals surface area (Å²) in [5, 5.41) is 5.84. The second kappa shape index (κ2) is 3.44. The third kappa shape index (κ3) is 1.57. The Labute approximate surface area is 84.7 Å². The molecule has 0 saturated heterocycles. The largest absolute Gasteiger partial charge is 0.288 e. The third-order valence-corrected chi connectivity index (χ3v) is 3.58. The highest BCUT2D eigenvalue weighted by Crippen LogP contribution is 2.20. The number of thiophene rings is 2. The summed E-state index contributed by atoms with van der Waals surface area (Å²) in [5.74, 6) is 0.147. The van der Waals surface area contributed by atoms with Crippen LogP contribution in [-0.4, -0.2) is 5.78 Å². The first kappa shape index (κ1) is 8.66. The third-order valence-electron chi connectivity index (χ3n) is 1.85. The molecule has 1 nitrogen and oxygen atoms in total. The van der Waals surface area contributed by atoms with Crippen molar-refractivity contribution in [1.29, 1.82) is 0 Å². The van der Waals surface area contributed by atoms with Gasteiger partial charge in [-0.25, -0.2) is 0 Å². The molecule has 2 rings (SSSR count). The smallest absolute Gasteiger partial charge is 0.204 e. The zero-order chi connectivity index (χ0) is 9.26. The topological polar surface area (TPSA) is 17.1 Å². The molecule has 0 aliphatic rings. The number of carbonyl (C=O) groups is 1. The van der Waals surface area contributed by atoms with Gasteiger partial charge < -0.3 is 0 Å². The van der Waals surface area contributed by atoms with Crippen molar-refractivity contribution in [3.63, 3.8) is 0 Å². The van der Waals surface area contributed by atoms with E-state index in [4.69, 9.17) is 0 Å². The van der Waals surface area contributed by atoms with Crippen molar-refractivity contribution in [2.75, 3.05) is 0 Å². The molecule has 0 atom stereocenters. The molecule has 0 aromatic carbocycles. The first-order valence-corrected chi connectivity index (χ1v) is 5.72. The Morgan fingerprint density at radius 2 is 2.23 bits per heavy atom. The van der Waals surface area contributed by atoms with E-state index in [9.17, 15) is 4.79 Å². The fourth-order valence-electron chi connectivity index (χ4n) is 1.13. The molecule has 0 unspecified atom stereocenters. The SMILES string of the molecule is Cc1cscc1C(=O)c1cccs1. The molecule has 0 spiro atoms. The molecule has 0 fully saturated rings. The molecule has 13 heavy (non-hydrogen) atoms. The second-order valence-corrected chi connectivity index (χ2v) is 4.47. The minimum atomic E-state index is 0.147. The lowest BCUT2D eigenvalue weighted by molar-refractivity contribution is 0.104. The average molecular weight is 208 g/mol. The molecular weight excluding hydrogens is 200 g/mol. The maximum absolute atomic E-state index is 11.8. The number of aryl methyl sites for hydroxylation is 1. The van der Waals surface area contributed by atoms with Gasteiger partial charge >= 0.3 is 0 Å². The first-order valence-electron chi connectivity index (χ1n) is 3.90. The molecular formula is C10H8OS2. The van der Waals surface area contributed by atoms with Gasteiger partial charge in [-0.15, -0.1) is 11.3 Å². The van der Waals surface area contributed by atoms with Crippen LogP contribution in [0.1, 0.15) is 20.8 Å². The first-order chi connectivity index (χ1) is 6.29. The summed E-state index contributed by atoms with van der Waals surface area (Å²) in [7, 11) is 0. The number of hydrogen-bond acceptors (Lipinski definition) is 3. The molecule has 66 valence electrons. The van der Waals surface area contributed by atoms with Crippen LogP contribution in [0.2, 0.25) is 0 Å². The van der Waals surface area contributed by atoms with E-state index in [1.54, 1.807) is 11.3 Å². The van der Waals surface area contributed by atoms with Crippen molar-refractivity contribution in [3.05, 3.63) is 44.3 Å². The van der Waals surface area contributed by atoms with E-state index >= 15 is 0 Å². The van der Waals surface area contributed by atoms with Gasteiger partial charge in [-0.05, 0) is 29.3 Å². The van der Waals surface area contributed by atoms with E-state index < -0.39 is 0 Å². The zero-order valence-electron chi connectivity index (χ0n) is 7.11. The van der Waals surface area contributed by atoms with E-state index in [1.807, 2.05) is 35.2 Å². The summed E-state index contributed by atoms with van der Waals surface area (Å²) in [6, 6.07) is 3.77. The number of ketones is 1.